The Hall–Kier alpha value is -4.10. The molecular weight excluding hydrogens is 454 g/mol. The SMILES string of the molecule is CN(Cc1cc2ccccc2n1CCC(=O)O)N(C)C(=O)OCC1c2ccccc2-c2ccccc21. The van der Waals surface area contributed by atoms with E-state index in [9.17, 15) is 14.7 Å². The Morgan fingerprint density at radius 1 is 0.917 bits per heavy atom. The lowest BCUT2D eigenvalue weighted by Crippen LogP contribution is -2.41. The second-order valence-corrected chi connectivity index (χ2v) is 9.13. The lowest BCUT2D eigenvalue weighted by atomic mass is 9.98. The predicted octanol–water partition coefficient (Wildman–Crippen LogP) is 5.34. The van der Waals surface area contributed by atoms with Gasteiger partial charge in [0.1, 0.15) is 6.61 Å². The number of aromatic nitrogens is 1. The second kappa shape index (κ2) is 9.87. The first-order valence-electron chi connectivity index (χ1n) is 12.0. The summed E-state index contributed by atoms with van der Waals surface area (Å²) in [6.07, 6.45) is -0.412. The number of aryl methyl sites for hydroxylation is 1. The number of para-hydroxylation sites is 1. The molecule has 0 unspecified atom stereocenters. The zero-order valence-corrected chi connectivity index (χ0v) is 20.4. The quantitative estimate of drug-likeness (QED) is 0.342. The Kier molecular flexibility index (Phi) is 6.48. The van der Waals surface area contributed by atoms with Crippen LogP contribution in [-0.4, -0.2) is 52.5 Å². The van der Waals surface area contributed by atoms with Gasteiger partial charge in [0.25, 0.3) is 0 Å². The molecule has 36 heavy (non-hydrogen) atoms. The summed E-state index contributed by atoms with van der Waals surface area (Å²) in [6, 6.07) is 26.4. The maximum Gasteiger partial charge on any atom is 0.424 e. The smallest absolute Gasteiger partial charge is 0.424 e. The summed E-state index contributed by atoms with van der Waals surface area (Å²) in [5, 5.41) is 13.5. The third-order valence-corrected chi connectivity index (χ3v) is 6.95. The Morgan fingerprint density at radius 3 is 2.19 bits per heavy atom. The number of rotatable bonds is 8. The average molecular weight is 484 g/mol. The number of benzene rings is 3. The number of carbonyl (C=O) groups excluding carboxylic acids is 1. The largest absolute Gasteiger partial charge is 0.481 e. The highest BCUT2D eigenvalue weighted by molar-refractivity contribution is 5.82. The van der Waals surface area contributed by atoms with Gasteiger partial charge in [-0.25, -0.2) is 14.8 Å². The molecule has 3 aromatic carbocycles. The molecule has 1 aliphatic carbocycles. The number of fused-ring (bicyclic) bond motifs is 4. The molecule has 1 aliphatic rings. The van der Waals surface area contributed by atoms with Gasteiger partial charge < -0.3 is 14.4 Å². The average Bonchev–Trinajstić information content (AvgIpc) is 3.40. The molecule has 0 aliphatic heterocycles. The van der Waals surface area contributed by atoms with Crippen molar-refractivity contribution in [3.8, 4) is 11.1 Å². The number of ether oxygens (including phenoxy) is 1. The van der Waals surface area contributed by atoms with E-state index in [1.807, 2.05) is 66.2 Å². The van der Waals surface area contributed by atoms with Crippen LogP contribution in [0.15, 0.2) is 78.9 Å². The predicted molar refractivity (Wildman–Crippen MR) is 138 cm³/mol. The molecule has 5 rings (SSSR count). The van der Waals surface area contributed by atoms with Crippen LogP contribution in [-0.2, 0) is 22.6 Å². The van der Waals surface area contributed by atoms with Gasteiger partial charge in [-0.05, 0) is 39.8 Å². The highest BCUT2D eigenvalue weighted by atomic mass is 16.6. The molecule has 7 nitrogen and oxygen atoms in total. The zero-order valence-electron chi connectivity index (χ0n) is 20.4. The minimum Gasteiger partial charge on any atom is -0.481 e. The Balaban J connectivity index is 1.28. The number of hydrogen-bond donors (Lipinski definition) is 1. The number of nitrogens with zero attached hydrogens (tertiary/aromatic N) is 3. The van der Waals surface area contributed by atoms with E-state index in [1.165, 1.54) is 27.3 Å². The van der Waals surface area contributed by atoms with Gasteiger partial charge in [-0.2, -0.15) is 0 Å². The van der Waals surface area contributed by atoms with Crippen molar-refractivity contribution in [1.82, 2.24) is 14.6 Å². The van der Waals surface area contributed by atoms with E-state index in [2.05, 4.69) is 24.3 Å². The molecule has 0 bridgehead atoms. The van der Waals surface area contributed by atoms with Crippen molar-refractivity contribution in [2.75, 3.05) is 20.7 Å². The topological polar surface area (TPSA) is 75.0 Å². The highest BCUT2D eigenvalue weighted by Crippen LogP contribution is 2.44. The van der Waals surface area contributed by atoms with Crippen LogP contribution in [0.1, 0.15) is 29.2 Å². The van der Waals surface area contributed by atoms with Crippen LogP contribution in [0.25, 0.3) is 22.0 Å². The van der Waals surface area contributed by atoms with Crippen molar-refractivity contribution in [1.29, 1.82) is 0 Å². The van der Waals surface area contributed by atoms with E-state index in [-0.39, 0.29) is 18.9 Å². The van der Waals surface area contributed by atoms with Gasteiger partial charge in [-0.15, -0.1) is 0 Å². The van der Waals surface area contributed by atoms with Crippen molar-refractivity contribution < 1.29 is 19.4 Å². The number of amides is 1. The van der Waals surface area contributed by atoms with Gasteiger partial charge in [0.2, 0.25) is 0 Å². The van der Waals surface area contributed by atoms with E-state index in [0.29, 0.717) is 13.1 Å². The summed E-state index contributed by atoms with van der Waals surface area (Å²) in [5.74, 6) is -0.846. The Bertz CT molecular complexity index is 1380. The van der Waals surface area contributed by atoms with E-state index in [0.717, 1.165) is 16.6 Å². The van der Waals surface area contributed by atoms with Gasteiger partial charge in [-0.3, -0.25) is 4.79 Å². The molecule has 0 saturated heterocycles. The molecule has 1 N–H and O–H groups in total. The van der Waals surface area contributed by atoms with E-state index < -0.39 is 12.1 Å². The number of aliphatic carboxylic acids is 1. The fourth-order valence-electron chi connectivity index (χ4n) is 5.04. The molecule has 1 heterocycles. The van der Waals surface area contributed by atoms with Crippen molar-refractivity contribution >= 4 is 23.0 Å². The van der Waals surface area contributed by atoms with Gasteiger partial charge in [-0.1, -0.05) is 66.7 Å². The summed E-state index contributed by atoms with van der Waals surface area (Å²) >= 11 is 0. The van der Waals surface area contributed by atoms with Crippen LogP contribution in [0.4, 0.5) is 4.79 Å². The summed E-state index contributed by atoms with van der Waals surface area (Å²) in [4.78, 5) is 24.2. The zero-order chi connectivity index (χ0) is 25.2. The maximum absolute atomic E-state index is 13.0. The summed E-state index contributed by atoms with van der Waals surface area (Å²) < 4.78 is 7.79. The van der Waals surface area contributed by atoms with E-state index >= 15 is 0 Å². The molecular formula is C29H29N3O4. The third kappa shape index (κ3) is 4.45. The van der Waals surface area contributed by atoms with E-state index in [4.69, 9.17) is 4.74 Å². The van der Waals surface area contributed by atoms with Crippen LogP contribution < -0.4 is 0 Å². The summed E-state index contributed by atoms with van der Waals surface area (Å²) in [6.45, 7) is 1.04. The number of carboxylic acids is 1. The fraction of sp³-hybridized carbons (Fsp3) is 0.241. The van der Waals surface area contributed by atoms with Gasteiger partial charge in [0.15, 0.2) is 0 Å². The number of carboxylic acid groups (broad SMARTS) is 1. The Morgan fingerprint density at radius 2 is 1.53 bits per heavy atom. The number of hydrazine groups is 1. The van der Waals surface area contributed by atoms with Gasteiger partial charge in [0.05, 0.1) is 13.0 Å². The lowest BCUT2D eigenvalue weighted by molar-refractivity contribution is -0.137. The Labute approximate surface area is 210 Å². The van der Waals surface area contributed by atoms with Crippen LogP contribution in [0.3, 0.4) is 0 Å². The minimum absolute atomic E-state index is 0.00129. The first-order valence-corrected chi connectivity index (χ1v) is 12.0. The van der Waals surface area contributed by atoms with Crippen molar-refractivity contribution in [3.05, 3.63) is 95.7 Å². The normalized spacial score (nSPS) is 12.5. The molecule has 0 fully saturated rings. The highest BCUT2D eigenvalue weighted by Gasteiger charge is 2.29. The maximum atomic E-state index is 13.0. The first-order chi connectivity index (χ1) is 17.4. The van der Waals surface area contributed by atoms with E-state index in [1.54, 1.807) is 12.1 Å². The standard InChI is InChI=1S/C29H29N3O4/c1-30(18-21-17-20-9-3-8-14-27(20)32(21)16-15-28(33)34)31(2)29(35)36-19-26-24-12-6-4-10-22(24)23-11-5-7-13-25(23)26/h3-14,17,26H,15-16,18-19H2,1-2H3,(H,33,34). The van der Waals surface area contributed by atoms with Gasteiger partial charge >= 0.3 is 12.1 Å². The lowest BCUT2D eigenvalue weighted by Gasteiger charge is -2.28. The summed E-state index contributed by atoms with van der Waals surface area (Å²) in [7, 11) is 3.50. The van der Waals surface area contributed by atoms with Crippen LogP contribution >= 0.6 is 0 Å². The molecule has 0 spiro atoms. The molecule has 1 aromatic heterocycles. The molecule has 0 radical (unpaired) electrons. The first kappa shape index (κ1) is 23.6. The molecule has 4 aromatic rings. The van der Waals surface area contributed by atoms with Crippen molar-refractivity contribution in [3.63, 3.8) is 0 Å². The van der Waals surface area contributed by atoms with Crippen LogP contribution in [0.2, 0.25) is 0 Å². The van der Waals surface area contributed by atoms with Crippen LogP contribution in [0.5, 0.6) is 0 Å². The molecule has 1 amide bonds. The monoisotopic (exact) mass is 483 g/mol. The van der Waals surface area contributed by atoms with Crippen molar-refractivity contribution in [2.24, 2.45) is 0 Å². The van der Waals surface area contributed by atoms with Crippen molar-refractivity contribution in [2.45, 2.75) is 25.4 Å². The molecule has 7 heteroatoms. The van der Waals surface area contributed by atoms with Gasteiger partial charge in [0, 0.05) is 37.8 Å². The fourth-order valence-corrected chi connectivity index (χ4v) is 5.04. The number of carbonyl (C=O) groups is 2. The minimum atomic E-state index is -0.845. The number of hydrogen-bond acceptors (Lipinski definition) is 4. The molecule has 184 valence electrons. The molecule has 0 saturated carbocycles. The second-order valence-electron chi connectivity index (χ2n) is 9.13. The third-order valence-electron chi connectivity index (χ3n) is 6.95. The summed E-state index contributed by atoms with van der Waals surface area (Å²) in [5.41, 5.74) is 6.63. The molecule has 0 atom stereocenters. The van der Waals surface area contributed by atoms with Crippen LogP contribution in [0, 0.1) is 0 Å².